The van der Waals surface area contributed by atoms with Gasteiger partial charge in [-0.15, -0.1) is 17.9 Å². The van der Waals surface area contributed by atoms with E-state index < -0.39 is 0 Å². The van der Waals surface area contributed by atoms with E-state index in [0.717, 1.165) is 5.56 Å². The van der Waals surface area contributed by atoms with E-state index in [1.165, 1.54) is 23.1 Å². The number of aromatic nitrogens is 1. The van der Waals surface area contributed by atoms with Gasteiger partial charge in [0.2, 0.25) is 5.13 Å². The predicted octanol–water partition coefficient (Wildman–Crippen LogP) is 4.49. The number of amidine groups is 1. The summed E-state index contributed by atoms with van der Waals surface area (Å²) >= 11 is 2.79. The molecule has 0 unspecified atom stereocenters. The Kier molecular flexibility index (Phi) is 5.40. The normalized spacial score (nSPS) is 18.2. The van der Waals surface area contributed by atoms with Crippen LogP contribution < -0.4 is 0 Å². The van der Waals surface area contributed by atoms with Gasteiger partial charge in [-0.05, 0) is 23.4 Å². The van der Waals surface area contributed by atoms with Gasteiger partial charge in [0.15, 0.2) is 5.17 Å². The molecular formula is C18H15N3OS2. The highest BCUT2D eigenvalue weighted by Gasteiger charge is 2.32. The fourth-order valence-electron chi connectivity index (χ4n) is 2.06. The summed E-state index contributed by atoms with van der Waals surface area (Å²) < 4.78 is 0. The van der Waals surface area contributed by atoms with Gasteiger partial charge < -0.3 is 0 Å². The van der Waals surface area contributed by atoms with Crippen molar-refractivity contribution in [2.24, 2.45) is 4.99 Å². The molecule has 0 radical (unpaired) electrons. The van der Waals surface area contributed by atoms with Crippen molar-refractivity contribution in [3.8, 4) is 0 Å². The van der Waals surface area contributed by atoms with Crippen molar-refractivity contribution in [1.82, 2.24) is 9.88 Å². The minimum Gasteiger partial charge on any atom is -0.282 e. The Labute approximate surface area is 148 Å². The number of thiazole rings is 1. The molecule has 1 aliphatic rings. The Morgan fingerprint density at radius 2 is 2.12 bits per heavy atom. The van der Waals surface area contributed by atoms with Crippen molar-refractivity contribution in [3.05, 3.63) is 77.2 Å². The molecule has 1 aromatic heterocycles. The number of nitrogens with zero attached hydrogens (tertiary/aromatic N) is 3. The number of carbonyl (C=O) groups excluding carboxylic acids is 1. The molecule has 120 valence electrons. The molecule has 1 amide bonds. The van der Waals surface area contributed by atoms with Crippen LogP contribution in [0.2, 0.25) is 0 Å². The number of rotatable bonds is 5. The number of thioether (sulfide) groups is 1. The van der Waals surface area contributed by atoms with Gasteiger partial charge in [-0.1, -0.05) is 48.6 Å². The van der Waals surface area contributed by atoms with E-state index in [-0.39, 0.29) is 5.91 Å². The van der Waals surface area contributed by atoms with Crippen LogP contribution in [0.25, 0.3) is 6.08 Å². The Bertz CT molecular complexity index is 808. The lowest BCUT2D eigenvalue weighted by atomic mass is 10.2. The first-order chi connectivity index (χ1) is 11.8. The van der Waals surface area contributed by atoms with E-state index in [1.54, 1.807) is 17.2 Å². The summed E-state index contributed by atoms with van der Waals surface area (Å²) in [5.41, 5.74) is 1.09. The van der Waals surface area contributed by atoms with E-state index in [2.05, 4.69) is 16.6 Å². The molecule has 0 atom stereocenters. The first-order valence-electron chi connectivity index (χ1n) is 7.30. The first-order valence-corrected chi connectivity index (χ1v) is 9.00. The standard InChI is InChI=1S/C18H15N3OS2/c1-2-12-21-16(22)15(10-6-9-14-7-4-3-5-8-14)24-18(21)20-17-19-11-13-23-17/h2-11,13H,1,12H2/b9-6+,15-10-,20-18?. The molecule has 1 aromatic carbocycles. The number of benzene rings is 1. The molecule has 1 aliphatic heterocycles. The van der Waals surface area contributed by atoms with Crippen LogP contribution in [0.1, 0.15) is 5.56 Å². The van der Waals surface area contributed by atoms with Gasteiger partial charge in [-0.3, -0.25) is 9.69 Å². The number of aliphatic imine (C=N–C) groups is 1. The lowest BCUT2D eigenvalue weighted by molar-refractivity contribution is -0.121. The van der Waals surface area contributed by atoms with Crippen LogP contribution in [-0.2, 0) is 4.79 Å². The molecule has 2 aromatic rings. The average molecular weight is 353 g/mol. The zero-order valence-electron chi connectivity index (χ0n) is 12.8. The molecule has 1 fully saturated rings. The Hall–Kier alpha value is -2.44. The fraction of sp³-hybridized carbons (Fsp3) is 0.0556. The quantitative estimate of drug-likeness (QED) is 0.588. The zero-order valence-corrected chi connectivity index (χ0v) is 14.5. The van der Waals surface area contributed by atoms with Crippen LogP contribution >= 0.6 is 23.1 Å². The lowest BCUT2D eigenvalue weighted by Crippen LogP contribution is -2.29. The van der Waals surface area contributed by atoms with Gasteiger partial charge >= 0.3 is 0 Å². The molecule has 0 N–H and O–H groups in total. The van der Waals surface area contributed by atoms with Gasteiger partial charge in [-0.25, -0.2) is 4.98 Å². The Morgan fingerprint density at radius 3 is 2.83 bits per heavy atom. The number of hydrogen-bond acceptors (Lipinski definition) is 5. The van der Waals surface area contributed by atoms with Crippen LogP contribution in [0.3, 0.4) is 0 Å². The SMILES string of the molecule is C=CCN1C(=O)/C(=C/C=C/c2ccccc2)SC1=Nc1nccs1. The topological polar surface area (TPSA) is 45.6 Å². The zero-order chi connectivity index (χ0) is 16.8. The van der Waals surface area contributed by atoms with Crippen LogP contribution in [-0.4, -0.2) is 27.5 Å². The van der Waals surface area contributed by atoms with Crippen molar-refractivity contribution in [1.29, 1.82) is 0 Å². The maximum Gasteiger partial charge on any atom is 0.267 e. The molecule has 3 rings (SSSR count). The number of carbonyl (C=O) groups is 1. The second-order valence-electron chi connectivity index (χ2n) is 4.82. The first kappa shape index (κ1) is 16.4. The van der Waals surface area contributed by atoms with Crippen LogP contribution in [0.4, 0.5) is 5.13 Å². The molecule has 0 saturated carbocycles. The monoisotopic (exact) mass is 353 g/mol. The summed E-state index contributed by atoms with van der Waals surface area (Å²) in [6.07, 6.45) is 9.06. The van der Waals surface area contributed by atoms with Crippen LogP contribution in [0.5, 0.6) is 0 Å². The van der Waals surface area contributed by atoms with E-state index in [1.807, 2.05) is 53.9 Å². The van der Waals surface area contributed by atoms with E-state index >= 15 is 0 Å². The van der Waals surface area contributed by atoms with E-state index in [0.29, 0.717) is 21.7 Å². The third-order valence-corrected chi connectivity index (χ3v) is 4.84. The van der Waals surface area contributed by atoms with Crippen LogP contribution in [0.15, 0.2) is 76.6 Å². The van der Waals surface area contributed by atoms with Crippen LogP contribution in [0, 0.1) is 0 Å². The Balaban J connectivity index is 1.82. The summed E-state index contributed by atoms with van der Waals surface area (Å²) in [4.78, 5) is 23.4. The Morgan fingerprint density at radius 1 is 1.29 bits per heavy atom. The maximum atomic E-state index is 12.5. The fourth-order valence-corrected chi connectivity index (χ4v) is 3.56. The second-order valence-corrected chi connectivity index (χ2v) is 6.70. The molecule has 0 aliphatic carbocycles. The molecular weight excluding hydrogens is 338 g/mol. The molecule has 2 heterocycles. The largest absolute Gasteiger partial charge is 0.282 e. The summed E-state index contributed by atoms with van der Waals surface area (Å²) in [6.45, 7) is 4.14. The maximum absolute atomic E-state index is 12.5. The molecule has 4 nitrogen and oxygen atoms in total. The lowest BCUT2D eigenvalue weighted by Gasteiger charge is -2.11. The van der Waals surface area contributed by atoms with E-state index in [9.17, 15) is 4.79 Å². The molecule has 24 heavy (non-hydrogen) atoms. The van der Waals surface area contributed by atoms with E-state index in [4.69, 9.17) is 0 Å². The molecule has 6 heteroatoms. The second kappa shape index (κ2) is 7.90. The minimum atomic E-state index is -0.0621. The molecule has 0 bridgehead atoms. The van der Waals surface area contributed by atoms with Gasteiger partial charge in [-0.2, -0.15) is 4.99 Å². The van der Waals surface area contributed by atoms with Gasteiger partial charge in [0.25, 0.3) is 5.91 Å². The number of hydrogen-bond donors (Lipinski definition) is 0. The molecule has 0 spiro atoms. The van der Waals surface area contributed by atoms with Gasteiger partial charge in [0.1, 0.15) is 0 Å². The summed E-state index contributed by atoms with van der Waals surface area (Å²) in [5.74, 6) is -0.0621. The third kappa shape index (κ3) is 3.90. The highest BCUT2D eigenvalue weighted by molar-refractivity contribution is 8.18. The van der Waals surface area contributed by atoms with Crippen molar-refractivity contribution < 1.29 is 4.79 Å². The van der Waals surface area contributed by atoms with Crippen molar-refractivity contribution in [3.63, 3.8) is 0 Å². The van der Waals surface area contributed by atoms with Crippen molar-refractivity contribution >= 4 is 45.4 Å². The van der Waals surface area contributed by atoms with Crippen molar-refractivity contribution in [2.45, 2.75) is 0 Å². The highest BCUT2D eigenvalue weighted by atomic mass is 32.2. The number of allylic oxidation sites excluding steroid dienone is 2. The summed E-state index contributed by atoms with van der Waals surface area (Å²) in [6, 6.07) is 9.95. The van der Waals surface area contributed by atoms with Gasteiger partial charge in [0, 0.05) is 18.1 Å². The smallest absolute Gasteiger partial charge is 0.267 e. The summed E-state index contributed by atoms with van der Waals surface area (Å²) in [5, 5.41) is 3.13. The molecule has 1 saturated heterocycles. The summed E-state index contributed by atoms with van der Waals surface area (Å²) in [7, 11) is 0. The highest BCUT2D eigenvalue weighted by Crippen LogP contribution is 2.33. The minimum absolute atomic E-state index is 0.0621. The van der Waals surface area contributed by atoms with Gasteiger partial charge in [0.05, 0.1) is 4.91 Å². The average Bonchev–Trinajstić information content (AvgIpc) is 3.20. The third-order valence-electron chi connectivity index (χ3n) is 3.15. The number of amides is 1. The van der Waals surface area contributed by atoms with Crippen molar-refractivity contribution in [2.75, 3.05) is 6.54 Å². The predicted molar refractivity (Wildman–Crippen MR) is 102 cm³/mol.